The second-order valence-electron chi connectivity index (χ2n) is 3.78. The third-order valence-electron chi connectivity index (χ3n) is 2.62. The van der Waals surface area contributed by atoms with E-state index in [1.807, 2.05) is 42.5 Å². The van der Waals surface area contributed by atoms with Crippen LogP contribution in [0.5, 0.6) is 0 Å². The van der Waals surface area contributed by atoms with E-state index in [0.717, 1.165) is 28.2 Å². The van der Waals surface area contributed by atoms with Crippen molar-refractivity contribution in [3.63, 3.8) is 0 Å². The van der Waals surface area contributed by atoms with E-state index in [4.69, 9.17) is 4.42 Å². The minimum absolute atomic E-state index is 0.378. The second kappa shape index (κ2) is 4.58. The van der Waals surface area contributed by atoms with Gasteiger partial charge in [0.05, 0.1) is 11.5 Å². The molecule has 3 nitrogen and oxygen atoms in total. The van der Waals surface area contributed by atoms with Crippen LogP contribution in [0.1, 0.15) is 0 Å². The van der Waals surface area contributed by atoms with Gasteiger partial charge in [-0.3, -0.25) is 0 Å². The van der Waals surface area contributed by atoms with Gasteiger partial charge in [-0.1, -0.05) is 42.5 Å². The van der Waals surface area contributed by atoms with Gasteiger partial charge < -0.3 is 4.42 Å². The Morgan fingerprint density at radius 2 is 1.44 bits per heavy atom. The lowest BCUT2D eigenvalue weighted by Crippen LogP contribution is -1.83. The summed E-state index contributed by atoms with van der Waals surface area (Å²) in [5.74, 6) is 0.379. The molecule has 3 aromatic rings. The molecule has 2 aromatic carbocycles. The molecule has 0 aliphatic heterocycles. The lowest BCUT2D eigenvalue weighted by molar-refractivity contribution is 0.543. The van der Waals surface area contributed by atoms with Crippen molar-refractivity contribution in [1.82, 2.24) is 4.37 Å². The summed E-state index contributed by atoms with van der Waals surface area (Å²) in [6.07, 6.45) is 0. The van der Waals surface area contributed by atoms with E-state index in [0.29, 0.717) is 5.89 Å². The highest BCUT2D eigenvalue weighted by atomic mass is 32.1. The van der Waals surface area contributed by atoms with Gasteiger partial charge in [-0.25, -0.2) is 4.79 Å². The van der Waals surface area contributed by atoms with Crippen LogP contribution in [0.2, 0.25) is 0 Å². The van der Waals surface area contributed by atoms with Crippen molar-refractivity contribution in [1.29, 1.82) is 0 Å². The highest BCUT2D eigenvalue weighted by molar-refractivity contribution is 7.02. The molecule has 88 valence electrons. The molecule has 0 aliphatic carbocycles. The van der Waals surface area contributed by atoms with Crippen molar-refractivity contribution >= 4 is 11.5 Å². The fourth-order valence-electron chi connectivity index (χ4n) is 1.74. The fourth-order valence-corrected chi connectivity index (χ4v) is 2.16. The molecule has 0 atom stereocenters. The number of nitrogens with zero attached hydrogens (tertiary/aromatic N) is 1. The Morgan fingerprint density at radius 3 is 2.06 bits per heavy atom. The van der Waals surface area contributed by atoms with Crippen LogP contribution in [-0.4, -0.2) is 4.37 Å². The zero-order valence-electron chi connectivity index (χ0n) is 9.37. The van der Waals surface area contributed by atoms with Gasteiger partial charge in [-0.15, -0.1) is 4.37 Å². The average molecular weight is 255 g/mol. The van der Waals surface area contributed by atoms with Crippen LogP contribution in [0.3, 0.4) is 0 Å². The van der Waals surface area contributed by atoms with Crippen LogP contribution in [-0.2, 0) is 0 Å². The van der Waals surface area contributed by atoms with Crippen molar-refractivity contribution in [2.45, 2.75) is 0 Å². The third kappa shape index (κ3) is 2.10. The molecule has 0 N–H and O–H groups in total. The van der Waals surface area contributed by atoms with E-state index in [2.05, 4.69) is 16.5 Å². The quantitative estimate of drug-likeness (QED) is 0.704. The number of aromatic nitrogens is 1. The lowest BCUT2D eigenvalue weighted by Gasteiger charge is -2.01. The summed E-state index contributed by atoms with van der Waals surface area (Å²) in [5, 5.41) is 0. The molecule has 1 aromatic heterocycles. The SMILES string of the molecule is O=c1oc(-c2ccc(-c3ccccc3)cc2)ns1. The van der Waals surface area contributed by atoms with Crippen molar-refractivity contribution < 1.29 is 4.42 Å². The summed E-state index contributed by atoms with van der Waals surface area (Å²) in [7, 11) is 0. The van der Waals surface area contributed by atoms with E-state index in [1.54, 1.807) is 0 Å². The maximum atomic E-state index is 10.9. The van der Waals surface area contributed by atoms with Gasteiger partial charge in [0.2, 0.25) is 5.89 Å². The summed E-state index contributed by atoms with van der Waals surface area (Å²) in [6, 6.07) is 17.9. The number of hydrogen-bond acceptors (Lipinski definition) is 4. The zero-order valence-corrected chi connectivity index (χ0v) is 10.2. The molecule has 3 rings (SSSR count). The Hall–Kier alpha value is -2.20. The predicted octanol–water partition coefficient (Wildman–Crippen LogP) is 3.43. The van der Waals surface area contributed by atoms with Crippen LogP contribution >= 0.6 is 11.5 Å². The molecule has 0 saturated heterocycles. The van der Waals surface area contributed by atoms with Gasteiger partial charge in [0.15, 0.2) is 0 Å². The Balaban J connectivity index is 1.97. The molecule has 0 unspecified atom stereocenters. The predicted molar refractivity (Wildman–Crippen MR) is 71.5 cm³/mol. The van der Waals surface area contributed by atoms with Crippen LogP contribution in [0.15, 0.2) is 63.8 Å². The summed E-state index contributed by atoms with van der Waals surface area (Å²) >= 11 is 0.828. The summed E-state index contributed by atoms with van der Waals surface area (Å²) in [5.41, 5.74) is 3.09. The van der Waals surface area contributed by atoms with Gasteiger partial charge in [-0.05, 0) is 23.3 Å². The Bertz CT molecular complexity index is 698. The molecule has 0 spiro atoms. The first-order valence-corrected chi connectivity index (χ1v) is 6.23. The van der Waals surface area contributed by atoms with Gasteiger partial charge >= 0.3 is 4.94 Å². The first-order valence-electron chi connectivity index (χ1n) is 5.45. The van der Waals surface area contributed by atoms with E-state index in [-0.39, 0.29) is 4.94 Å². The molecular weight excluding hydrogens is 246 g/mol. The highest BCUT2D eigenvalue weighted by Gasteiger charge is 2.05. The van der Waals surface area contributed by atoms with Gasteiger partial charge in [0, 0.05) is 5.56 Å². The zero-order chi connectivity index (χ0) is 12.4. The largest absolute Gasteiger partial charge is 0.414 e. The number of benzene rings is 2. The summed E-state index contributed by atoms with van der Waals surface area (Å²) < 4.78 is 8.92. The van der Waals surface area contributed by atoms with E-state index < -0.39 is 0 Å². The van der Waals surface area contributed by atoms with Crippen molar-refractivity contribution in [3.05, 3.63) is 64.3 Å². The molecule has 4 heteroatoms. The third-order valence-corrected chi connectivity index (χ3v) is 3.11. The monoisotopic (exact) mass is 255 g/mol. The molecule has 18 heavy (non-hydrogen) atoms. The molecule has 0 saturated carbocycles. The Kier molecular flexibility index (Phi) is 2.78. The molecule has 0 fully saturated rings. The first kappa shape index (κ1) is 10.9. The Labute approximate surface area is 108 Å². The summed E-state index contributed by atoms with van der Waals surface area (Å²) in [6.45, 7) is 0. The van der Waals surface area contributed by atoms with Crippen molar-refractivity contribution in [2.24, 2.45) is 0 Å². The Morgan fingerprint density at radius 1 is 0.833 bits per heavy atom. The normalized spacial score (nSPS) is 10.4. The molecule has 1 heterocycles. The molecular formula is C14H9NO2S. The fraction of sp³-hybridized carbons (Fsp3) is 0. The first-order chi connectivity index (χ1) is 8.83. The van der Waals surface area contributed by atoms with Gasteiger partial charge in [0.25, 0.3) is 0 Å². The molecule has 0 radical (unpaired) electrons. The second-order valence-corrected chi connectivity index (χ2v) is 4.48. The standard InChI is InChI=1S/C14H9NO2S/c16-14-17-13(15-18-14)12-8-6-11(7-9-12)10-4-2-1-3-5-10/h1-9H. The highest BCUT2D eigenvalue weighted by Crippen LogP contribution is 2.23. The molecule has 0 aliphatic rings. The smallest absolute Gasteiger partial charge is 0.394 e. The molecule has 0 amide bonds. The number of rotatable bonds is 2. The van der Waals surface area contributed by atoms with Crippen LogP contribution in [0, 0.1) is 0 Å². The maximum Gasteiger partial charge on any atom is 0.414 e. The van der Waals surface area contributed by atoms with E-state index >= 15 is 0 Å². The van der Waals surface area contributed by atoms with Crippen LogP contribution in [0.25, 0.3) is 22.6 Å². The lowest BCUT2D eigenvalue weighted by atomic mass is 10.0. The van der Waals surface area contributed by atoms with Crippen molar-refractivity contribution in [3.8, 4) is 22.6 Å². The van der Waals surface area contributed by atoms with Crippen LogP contribution in [0.4, 0.5) is 0 Å². The minimum Gasteiger partial charge on any atom is -0.394 e. The van der Waals surface area contributed by atoms with Crippen molar-refractivity contribution in [2.75, 3.05) is 0 Å². The number of hydrogen-bond donors (Lipinski definition) is 0. The molecule has 0 bridgehead atoms. The maximum absolute atomic E-state index is 10.9. The average Bonchev–Trinajstić information content (AvgIpc) is 2.87. The van der Waals surface area contributed by atoms with Crippen LogP contribution < -0.4 is 4.94 Å². The summed E-state index contributed by atoms with van der Waals surface area (Å²) in [4.78, 5) is 10.6. The van der Waals surface area contributed by atoms with Gasteiger partial charge in [-0.2, -0.15) is 0 Å². The van der Waals surface area contributed by atoms with E-state index in [1.165, 1.54) is 0 Å². The minimum atomic E-state index is -0.378. The van der Waals surface area contributed by atoms with E-state index in [9.17, 15) is 4.79 Å². The van der Waals surface area contributed by atoms with Gasteiger partial charge in [0.1, 0.15) is 0 Å². The topological polar surface area (TPSA) is 43.1 Å².